The molecule has 1 unspecified atom stereocenters. The van der Waals surface area contributed by atoms with Crippen molar-refractivity contribution in [2.45, 2.75) is 32.1 Å². The third-order valence-corrected chi connectivity index (χ3v) is 2.09. The molecular weight excluding hydrogens is 206 g/mol. The Hall–Kier alpha value is -0.170. The zero-order valence-corrected chi connectivity index (χ0v) is 10.1. The predicted octanol–water partition coefficient (Wildman–Crippen LogP) is 0.561. The highest BCUT2D eigenvalue weighted by atomic mass is 32.2. The van der Waals surface area contributed by atoms with Crippen LogP contribution in [0.2, 0.25) is 0 Å². The molecule has 14 heavy (non-hydrogen) atoms. The maximum atomic E-state index is 10.2. The number of aliphatic hydroxyl groups is 1. The number of rotatable bonds is 4. The van der Waals surface area contributed by atoms with Gasteiger partial charge in [-0.15, -0.1) is 0 Å². The molecule has 0 amide bonds. The highest BCUT2D eigenvalue weighted by Gasteiger charge is 2.18. The Bertz CT molecular complexity index is 213. The average molecular weight is 227 g/mol. The lowest BCUT2D eigenvalue weighted by Gasteiger charge is -2.11. The Balaban J connectivity index is 0. The fraction of sp³-hybridized carbons (Fsp3) is 1.00. The first-order valence-electron chi connectivity index (χ1n) is 4.54. The van der Waals surface area contributed by atoms with Crippen LogP contribution in [0.25, 0.3) is 0 Å². The minimum Gasteiger partial charge on any atom is -0.375 e. The molecule has 2 N–H and O–H groups in total. The van der Waals surface area contributed by atoms with Crippen LogP contribution in [0.5, 0.6) is 0 Å². The van der Waals surface area contributed by atoms with Gasteiger partial charge in [-0.05, 0) is 14.1 Å². The van der Waals surface area contributed by atoms with E-state index in [1.807, 2.05) is 0 Å². The molecule has 0 aliphatic carbocycles. The van der Waals surface area contributed by atoms with Gasteiger partial charge in [-0.3, -0.25) is 4.55 Å². The van der Waals surface area contributed by atoms with Crippen molar-refractivity contribution in [3.05, 3.63) is 0 Å². The molecule has 0 aromatic heterocycles. The van der Waals surface area contributed by atoms with Crippen molar-refractivity contribution in [2.24, 2.45) is 0 Å². The SMILES string of the molecule is CCC.CN(C)CCC(O)S(=O)(=O)O. The maximum absolute atomic E-state index is 10.2. The Kier molecular flexibility index (Phi) is 9.49. The van der Waals surface area contributed by atoms with Gasteiger partial charge in [0.2, 0.25) is 0 Å². The fourth-order valence-corrected chi connectivity index (χ4v) is 0.921. The van der Waals surface area contributed by atoms with Crippen LogP contribution in [0.4, 0.5) is 0 Å². The van der Waals surface area contributed by atoms with E-state index in [-0.39, 0.29) is 6.42 Å². The van der Waals surface area contributed by atoms with Gasteiger partial charge < -0.3 is 10.0 Å². The normalized spacial score (nSPS) is 13.4. The van der Waals surface area contributed by atoms with Gasteiger partial charge in [-0.1, -0.05) is 20.3 Å². The molecular formula is C8H21NO4S. The van der Waals surface area contributed by atoms with E-state index in [1.54, 1.807) is 19.0 Å². The molecule has 0 rings (SSSR count). The molecule has 0 aromatic carbocycles. The molecule has 0 bridgehead atoms. The second-order valence-corrected chi connectivity index (χ2v) is 4.84. The second-order valence-electron chi connectivity index (χ2n) is 3.27. The number of hydrogen-bond donors (Lipinski definition) is 2. The Morgan fingerprint density at radius 2 is 1.64 bits per heavy atom. The minimum atomic E-state index is -4.27. The summed E-state index contributed by atoms with van der Waals surface area (Å²) in [6.45, 7) is 4.67. The van der Waals surface area contributed by atoms with Crippen LogP contribution in [-0.4, -0.2) is 49.1 Å². The van der Waals surface area contributed by atoms with Crippen LogP contribution >= 0.6 is 0 Å². The molecule has 0 aliphatic heterocycles. The summed E-state index contributed by atoms with van der Waals surface area (Å²) in [4.78, 5) is 1.72. The highest BCUT2D eigenvalue weighted by Crippen LogP contribution is 1.99. The second kappa shape index (κ2) is 8.16. The monoisotopic (exact) mass is 227 g/mol. The van der Waals surface area contributed by atoms with Crippen molar-refractivity contribution in [2.75, 3.05) is 20.6 Å². The van der Waals surface area contributed by atoms with Gasteiger partial charge in [-0.2, -0.15) is 8.42 Å². The van der Waals surface area contributed by atoms with Crippen molar-refractivity contribution in [1.82, 2.24) is 4.90 Å². The van der Waals surface area contributed by atoms with Crippen molar-refractivity contribution >= 4 is 10.1 Å². The van der Waals surface area contributed by atoms with Gasteiger partial charge in [0, 0.05) is 13.0 Å². The predicted molar refractivity (Wildman–Crippen MR) is 56.7 cm³/mol. The smallest absolute Gasteiger partial charge is 0.292 e. The highest BCUT2D eigenvalue weighted by molar-refractivity contribution is 7.86. The lowest BCUT2D eigenvalue weighted by molar-refractivity contribution is 0.207. The minimum absolute atomic E-state index is 0.0197. The van der Waals surface area contributed by atoms with Crippen molar-refractivity contribution in [1.29, 1.82) is 0 Å². The largest absolute Gasteiger partial charge is 0.375 e. The summed E-state index contributed by atoms with van der Waals surface area (Å²) in [6.07, 6.45) is 1.27. The summed E-state index contributed by atoms with van der Waals surface area (Å²) in [5.74, 6) is 0. The van der Waals surface area contributed by atoms with Crippen molar-refractivity contribution < 1.29 is 18.1 Å². The van der Waals surface area contributed by atoms with E-state index < -0.39 is 15.6 Å². The Morgan fingerprint density at radius 1 is 1.29 bits per heavy atom. The van der Waals surface area contributed by atoms with Crippen LogP contribution in [0.15, 0.2) is 0 Å². The van der Waals surface area contributed by atoms with E-state index >= 15 is 0 Å². The quantitative estimate of drug-likeness (QED) is 0.686. The van der Waals surface area contributed by atoms with E-state index in [0.717, 1.165) is 0 Å². The van der Waals surface area contributed by atoms with Crippen LogP contribution in [-0.2, 0) is 10.1 Å². The third kappa shape index (κ3) is 11.8. The molecule has 5 nitrogen and oxygen atoms in total. The van der Waals surface area contributed by atoms with Gasteiger partial charge in [0.25, 0.3) is 10.1 Å². The molecule has 88 valence electrons. The van der Waals surface area contributed by atoms with E-state index in [0.29, 0.717) is 6.54 Å². The van der Waals surface area contributed by atoms with Crippen LogP contribution < -0.4 is 0 Å². The van der Waals surface area contributed by atoms with E-state index in [4.69, 9.17) is 9.66 Å². The van der Waals surface area contributed by atoms with Crippen molar-refractivity contribution in [3.63, 3.8) is 0 Å². The molecule has 0 radical (unpaired) electrons. The summed E-state index contributed by atoms with van der Waals surface area (Å²) < 4.78 is 28.8. The summed E-state index contributed by atoms with van der Waals surface area (Å²) >= 11 is 0. The van der Waals surface area contributed by atoms with Gasteiger partial charge in [0.1, 0.15) is 0 Å². The zero-order valence-electron chi connectivity index (χ0n) is 9.27. The summed E-state index contributed by atoms with van der Waals surface area (Å²) in [5.41, 5.74) is -1.66. The third-order valence-electron chi connectivity index (χ3n) is 1.17. The first kappa shape index (κ1) is 16.3. The van der Waals surface area contributed by atoms with Crippen molar-refractivity contribution in [3.8, 4) is 0 Å². The van der Waals surface area contributed by atoms with Gasteiger partial charge in [0.05, 0.1) is 0 Å². The van der Waals surface area contributed by atoms with E-state index in [2.05, 4.69) is 13.8 Å². The first-order valence-corrected chi connectivity index (χ1v) is 6.05. The first-order chi connectivity index (χ1) is 6.25. The summed E-state index contributed by atoms with van der Waals surface area (Å²) in [5, 5.41) is 8.77. The van der Waals surface area contributed by atoms with Crippen LogP contribution in [0, 0.1) is 0 Å². The topological polar surface area (TPSA) is 77.8 Å². The molecule has 1 atom stereocenters. The van der Waals surface area contributed by atoms with E-state index in [9.17, 15) is 8.42 Å². The van der Waals surface area contributed by atoms with Gasteiger partial charge >= 0.3 is 0 Å². The van der Waals surface area contributed by atoms with Gasteiger partial charge in [-0.25, -0.2) is 0 Å². The molecule has 0 fully saturated rings. The number of hydrogen-bond acceptors (Lipinski definition) is 4. The molecule has 0 aliphatic rings. The van der Waals surface area contributed by atoms with E-state index in [1.165, 1.54) is 6.42 Å². The molecule has 0 heterocycles. The molecule has 6 heteroatoms. The Labute approximate surface area is 86.5 Å². The maximum Gasteiger partial charge on any atom is 0.292 e. The Morgan fingerprint density at radius 3 is 1.86 bits per heavy atom. The summed E-state index contributed by atoms with van der Waals surface area (Å²) in [6, 6.07) is 0. The average Bonchev–Trinajstić information content (AvgIpc) is 1.99. The van der Waals surface area contributed by atoms with Gasteiger partial charge in [0.15, 0.2) is 5.44 Å². The molecule has 0 aromatic rings. The lowest BCUT2D eigenvalue weighted by atomic mass is 10.4. The molecule has 0 saturated carbocycles. The summed E-state index contributed by atoms with van der Waals surface area (Å²) in [7, 11) is -0.776. The standard InChI is InChI=1S/C5H13NO4S.C3H8/c1-6(2)4-3-5(7)11(8,9)10;1-3-2/h5,7H,3-4H2,1-2H3,(H,8,9,10);3H2,1-2H3. The zero-order chi connectivity index (χ0) is 11.8. The molecule has 0 saturated heterocycles. The van der Waals surface area contributed by atoms with Crippen LogP contribution in [0.1, 0.15) is 26.7 Å². The fourth-order valence-electron chi connectivity index (χ4n) is 0.518. The number of aliphatic hydroxyl groups excluding tert-OH is 1. The number of nitrogens with zero attached hydrogens (tertiary/aromatic N) is 1. The lowest BCUT2D eigenvalue weighted by Crippen LogP contribution is -2.25. The molecule has 0 spiro atoms. The van der Waals surface area contributed by atoms with Crippen LogP contribution in [0.3, 0.4) is 0 Å².